The average molecular weight is 315 g/mol. The van der Waals surface area contributed by atoms with Gasteiger partial charge in [0, 0.05) is 38.3 Å². The summed E-state index contributed by atoms with van der Waals surface area (Å²) in [6, 6.07) is 2.20. The highest BCUT2D eigenvalue weighted by atomic mass is 19.1. The van der Waals surface area contributed by atoms with Crippen molar-refractivity contribution in [1.82, 2.24) is 5.32 Å². The molecule has 0 spiro atoms. The molecule has 1 aromatic rings. The number of nitrogens with zero attached hydrogens (tertiary/aromatic N) is 1. The van der Waals surface area contributed by atoms with Gasteiger partial charge in [-0.3, -0.25) is 4.79 Å². The van der Waals surface area contributed by atoms with Gasteiger partial charge in [0.15, 0.2) is 0 Å². The summed E-state index contributed by atoms with van der Waals surface area (Å²) < 4.78 is 31.2. The van der Waals surface area contributed by atoms with E-state index in [0.717, 1.165) is 25.2 Å². The molecule has 2 rings (SSSR count). The molecule has 1 aromatic carbocycles. The van der Waals surface area contributed by atoms with Crippen LogP contribution in [-0.4, -0.2) is 38.3 Å². The van der Waals surface area contributed by atoms with Crippen molar-refractivity contribution in [2.75, 3.05) is 36.8 Å². The molecule has 0 amide bonds. The molecule has 0 radical (unpaired) electrons. The Morgan fingerprint density at radius 1 is 1.23 bits per heavy atom. The molecule has 3 N–H and O–H groups in total. The van der Waals surface area contributed by atoms with E-state index in [2.05, 4.69) is 10.1 Å². The minimum atomic E-state index is -0.565. The summed E-state index contributed by atoms with van der Waals surface area (Å²) in [5, 5.41) is 3.15. The zero-order valence-corrected chi connectivity index (χ0v) is 13.2. The molecule has 0 bridgehead atoms. The number of halogens is 2. The van der Waals surface area contributed by atoms with Crippen LogP contribution < -0.4 is 16.0 Å². The Labute approximate surface area is 129 Å². The second-order valence-electron chi connectivity index (χ2n) is 5.89. The first-order chi connectivity index (χ1) is 10.2. The summed E-state index contributed by atoms with van der Waals surface area (Å²) in [5.74, 6) is -1.03. The topological polar surface area (TPSA) is 67.6 Å². The number of rotatable bonds is 2. The van der Waals surface area contributed by atoms with E-state index in [0.29, 0.717) is 25.2 Å². The Bertz CT molecular complexity index is 498. The Balaban J connectivity index is 0.000000295. The van der Waals surface area contributed by atoms with E-state index in [1.165, 1.54) is 0 Å². The number of nitrogens with one attached hydrogen (secondary N) is 1. The van der Waals surface area contributed by atoms with E-state index in [9.17, 15) is 13.6 Å². The third kappa shape index (κ3) is 5.85. The third-order valence-corrected chi connectivity index (χ3v) is 2.93. The van der Waals surface area contributed by atoms with Crippen molar-refractivity contribution < 1.29 is 18.3 Å². The number of carbonyl (C=O) groups is 1. The van der Waals surface area contributed by atoms with Crippen molar-refractivity contribution >= 4 is 17.8 Å². The standard InChI is InChI=1S/C10H13F2N3.C5H10O2/c11-7-6-10(8(12)5-9(7)13)15-3-1-14-2-4-15;1-5(2,3)7-4-6/h5-6,14H,1-4,13H2;4H,1-3H3. The smallest absolute Gasteiger partial charge is 0.293 e. The van der Waals surface area contributed by atoms with E-state index in [-0.39, 0.29) is 11.3 Å². The van der Waals surface area contributed by atoms with Crippen LogP contribution in [0.25, 0.3) is 0 Å². The first-order valence-corrected chi connectivity index (χ1v) is 7.06. The summed E-state index contributed by atoms with van der Waals surface area (Å²) >= 11 is 0. The lowest BCUT2D eigenvalue weighted by molar-refractivity contribution is -0.138. The van der Waals surface area contributed by atoms with Gasteiger partial charge in [-0.15, -0.1) is 0 Å². The van der Waals surface area contributed by atoms with Gasteiger partial charge >= 0.3 is 0 Å². The van der Waals surface area contributed by atoms with Crippen molar-refractivity contribution in [3.8, 4) is 0 Å². The van der Waals surface area contributed by atoms with Gasteiger partial charge in [0.1, 0.15) is 17.2 Å². The Morgan fingerprint density at radius 2 is 1.82 bits per heavy atom. The summed E-state index contributed by atoms with van der Waals surface area (Å²) in [7, 11) is 0. The first kappa shape index (κ1) is 18.2. The number of ether oxygens (including phenoxy) is 1. The average Bonchev–Trinajstić information content (AvgIpc) is 2.43. The van der Waals surface area contributed by atoms with Crippen LogP contribution in [0.1, 0.15) is 20.8 Å². The fourth-order valence-corrected chi connectivity index (χ4v) is 1.84. The Morgan fingerprint density at radius 3 is 2.27 bits per heavy atom. The molecule has 7 heteroatoms. The number of carbonyl (C=O) groups excluding carboxylic acids is 1. The van der Waals surface area contributed by atoms with Crippen molar-refractivity contribution in [2.24, 2.45) is 0 Å². The Hall–Kier alpha value is -1.89. The molecule has 0 saturated carbocycles. The van der Waals surface area contributed by atoms with Gasteiger partial charge in [0.25, 0.3) is 6.47 Å². The van der Waals surface area contributed by atoms with Crippen LogP contribution in [0.15, 0.2) is 12.1 Å². The number of nitrogens with two attached hydrogens (primary N) is 1. The molecule has 0 aromatic heterocycles. The molecule has 1 aliphatic heterocycles. The lowest BCUT2D eigenvalue weighted by Crippen LogP contribution is -2.43. The number of piperazine rings is 1. The minimum absolute atomic E-state index is 0.147. The van der Waals surface area contributed by atoms with Gasteiger partial charge in [-0.2, -0.15) is 0 Å². The maximum absolute atomic E-state index is 13.5. The summed E-state index contributed by atoms with van der Waals surface area (Å²) in [6.07, 6.45) is 0. The van der Waals surface area contributed by atoms with Crippen LogP contribution in [0.3, 0.4) is 0 Å². The molecule has 124 valence electrons. The number of anilines is 2. The second kappa shape index (κ2) is 7.93. The van der Waals surface area contributed by atoms with Crippen LogP contribution in [0.5, 0.6) is 0 Å². The van der Waals surface area contributed by atoms with E-state index < -0.39 is 11.6 Å². The molecular formula is C15H23F2N3O2. The van der Waals surface area contributed by atoms with Crippen molar-refractivity contribution in [3.05, 3.63) is 23.8 Å². The first-order valence-electron chi connectivity index (χ1n) is 7.06. The third-order valence-electron chi connectivity index (χ3n) is 2.93. The van der Waals surface area contributed by atoms with Crippen LogP contribution in [0, 0.1) is 11.6 Å². The van der Waals surface area contributed by atoms with Crippen molar-refractivity contribution in [2.45, 2.75) is 26.4 Å². The fraction of sp³-hybridized carbons (Fsp3) is 0.533. The summed E-state index contributed by atoms with van der Waals surface area (Å²) in [6.45, 7) is 8.85. The molecule has 5 nitrogen and oxygen atoms in total. The second-order valence-corrected chi connectivity index (χ2v) is 5.89. The quantitative estimate of drug-likeness (QED) is 0.645. The van der Waals surface area contributed by atoms with E-state index in [4.69, 9.17) is 5.73 Å². The zero-order chi connectivity index (χ0) is 16.8. The number of hydrogen-bond acceptors (Lipinski definition) is 5. The van der Waals surface area contributed by atoms with Gasteiger partial charge in [-0.25, -0.2) is 8.78 Å². The van der Waals surface area contributed by atoms with Gasteiger partial charge in [-0.05, 0) is 20.8 Å². The minimum Gasteiger partial charge on any atom is -0.462 e. The maximum Gasteiger partial charge on any atom is 0.293 e. The van der Waals surface area contributed by atoms with E-state index in [1.807, 2.05) is 25.7 Å². The van der Waals surface area contributed by atoms with Gasteiger partial charge < -0.3 is 20.7 Å². The largest absolute Gasteiger partial charge is 0.462 e. The lowest BCUT2D eigenvalue weighted by atomic mass is 10.2. The van der Waals surface area contributed by atoms with Crippen LogP contribution >= 0.6 is 0 Å². The van der Waals surface area contributed by atoms with Crippen molar-refractivity contribution in [3.63, 3.8) is 0 Å². The summed E-state index contributed by atoms with van der Waals surface area (Å²) in [5.41, 5.74) is 5.10. The summed E-state index contributed by atoms with van der Waals surface area (Å²) in [4.78, 5) is 11.4. The molecule has 1 fully saturated rings. The number of hydrogen-bond donors (Lipinski definition) is 2. The van der Waals surface area contributed by atoms with E-state index >= 15 is 0 Å². The van der Waals surface area contributed by atoms with E-state index in [1.54, 1.807) is 0 Å². The normalized spacial score (nSPS) is 14.9. The molecule has 1 aliphatic rings. The molecule has 0 atom stereocenters. The molecule has 22 heavy (non-hydrogen) atoms. The zero-order valence-electron chi connectivity index (χ0n) is 13.2. The highest BCUT2D eigenvalue weighted by Gasteiger charge is 2.16. The maximum atomic E-state index is 13.5. The monoisotopic (exact) mass is 315 g/mol. The van der Waals surface area contributed by atoms with Crippen LogP contribution in [-0.2, 0) is 9.53 Å². The molecule has 1 saturated heterocycles. The highest BCUT2D eigenvalue weighted by Crippen LogP contribution is 2.24. The van der Waals surface area contributed by atoms with Crippen LogP contribution in [0.4, 0.5) is 20.2 Å². The fourth-order valence-electron chi connectivity index (χ4n) is 1.84. The van der Waals surface area contributed by atoms with Crippen LogP contribution in [0.2, 0.25) is 0 Å². The predicted molar refractivity (Wildman–Crippen MR) is 82.8 cm³/mol. The molecule has 0 aliphatic carbocycles. The van der Waals surface area contributed by atoms with Gasteiger partial charge in [0.2, 0.25) is 0 Å². The number of nitrogen functional groups attached to an aromatic ring is 1. The molecule has 0 unspecified atom stereocenters. The van der Waals surface area contributed by atoms with Gasteiger partial charge in [-0.1, -0.05) is 0 Å². The Kier molecular flexibility index (Phi) is 6.55. The molecule has 1 heterocycles. The number of benzene rings is 1. The van der Waals surface area contributed by atoms with Gasteiger partial charge in [0.05, 0.1) is 11.4 Å². The lowest BCUT2D eigenvalue weighted by Gasteiger charge is -2.29. The predicted octanol–water partition coefficient (Wildman–Crippen LogP) is 1.91. The SMILES string of the molecule is CC(C)(C)OC=O.Nc1cc(F)c(N2CCNCC2)cc1F. The van der Waals surface area contributed by atoms with Crippen molar-refractivity contribution in [1.29, 1.82) is 0 Å². The highest BCUT2D eigenvalue weighted by molar-refractivity contribution is 5.55. The molecular weight excluding hydrogens is 292 g/mol.